The molecule has 2 atom stereocenters. The van der Waals surface area contributed by atoms with Crippen LogP contribution in [0.15, 0.2) is 54.7 Å². The average molecular weight is 682 g/mol. The lowest BCUT2D eigenvalue weighted by molar-refractivity contribution is 0.0799. The minimum Gasteiger partial charge on any atom is -0.484 e. The fourth-order valence-electron chi connectivity index (χ4n) is 6.85. The lowest BCUT2D eigenvalue weighted by Crippen LogP contribution is -2.36. The Hall–Kier alpha value is -4.35. The molecule has 266 valence electrons. The Morgan fingerprint density at radius 1 is 0.920 bits per heavy atom. The third-order valence-electron chi connectivity index (χ3n) is 9.72. The number of urea groups is 1. The molecule has 1 aliphatic carbocycles. The maximum Gasteiger partial charge on any atom is 0.320 e. The molecule has 11 nitrogen and oxygen atoms in total. The van der Waals surface area contributed by atoms with Gasteiger partial charge in [0.25, 0.3) is 0 Å². The molecule has 0 spiro atoms. The van der Waals surface area contributed by atoms with E-state index in [9.17, 15) is 14.7 Å². The molecule has 0 bridgehead atoms. The van der Waals surface area contributed by atoms with Crippen molar-refractivity contribution >= 4 is 23.3 Å². The molecule has 0 saturated carbocycles. The van der Waals surface area contributed by atoms with Crippen molar-refractivity contribution < 1.29 is 19.4 Å². The minimum absolute atomic E-state index is 0.0399. The predicted octanol–water partition coefficient (Wildman–Crippen LogP) is 6.92. The molecule has 1 aliphatic heterocycles. The number of ether oxygens (including phenoxy) is 1. The number of piperidine rings is 1. The number of carbonyl (C=O) groups is 2. The number of carbonyl (C=O) groups excluding carboxylic acids is 2. The number of ketones is 1. The molecule has 6 rings (SSSR count). The first-order valence-corrected chi connectivity index (χ1v) is 17.9. The van der Waals surface area contributed by atoms with Crippen LogP contribution in [-0.4, -0.2) is 67.1 Å². The van der Waals surface area contributed by atoms with Crippen LogP contribution in [0.3, 0.4) is 0 Å². The number of amides is 2. The van der Waals surface area contributed by atoms with E-state index < -0.39 is 0 Å². The van der Waals surface area contributed by atoms with E-state index in [1.165, 1.54) is 0 Å². The highest BCUT2D eigenvalue weighted by Crippen LogP contribution is 2.39. The predicted molar refractivity (Wildman–Crippen MR) is 194 cm³/mol. The van der Waals surface area contributed by atoms with E-state index in [1.807, 2.05) is 53.1 Å². The van der Waals surface area contributed by atoms with Gasteiger partial charge in [0, 0.05) is 24.9 Å². The summed E-state index contributed by atoms with van der Waals surface area (Å²) in [4.78, 5) is 33.7. The van der Waals surface area contributed by atoms with Gasteiger partial charge < -0.3 is 20.1 Å². The Balaban J connectivity index is 1.12. The largest absolute Gasteiger partial charge is 0.484 e. The van der Waals surface area contributed by atoms with Crippen LogP contribution in [0.1, 0.15) is 125 Å². The van der Waals surface area contributed by atoms with Crippen molar-refractivity contribution in [1.29, 1.82) is 0 Å². The Morgan fingerprint density at radius 2 is 1.66 bits per heavy atom. The lowest BCUT2D eigenvalue weighted by Gasteiger charge is -2.32. The summed E-state index contributed by atoms with van der Waals surface area (Å²) >= 11 is 0. The average Bonchev–Trinajstić information content (AvgIpc) is 3.50. The number of Topliss-reactive ketones (excluding diaryl/α,β-unsaturated/α-hetero) is 1. The van der Waals surface area contributed by atoms with Crippen LogP contribution in [0.2, 0.25) is 0 Å². The van der Waals surface area contributed by atoms with Gasteiger partial charge in [-0.05, 0) is 85.0 Å². The van der Waals surface area contributed by atoms with Gasteiger partial charge in [-0.15, -0.1) is 10.2 Å². The van der Waals surface area contributed by atoms with Crippen molar-refractivity contribution in [1.82, 2.24) is 29.8 Å². The first-order valence-electron chi connectivity index (χ1n) is 17.9. The van der Waals surface area contributed by atoms with E-state index in [4.69, 9.17) is 4.74 Å². The standard InChI is InChI=1S/C39H51N7O4/c1-38(2,3)25-22-31(32(48)12-9-19-45-20-17-26(47)18-21-45)40-34(23-25)42-37(49)41-30-14-15-33(29-11-8-7-10-28(29)30)50-27-13-16-35-43-44-36(39(4,5)6)46(35)24-27/h7-8,10-11,13,16,22-24,26,30,33,47H,9,12,14-15,17-21H2,1-6H3,(H2,40,41,42,49)/t30-,33+/m0/s1. The Morgan fingerprint density at radius 3 is 2.38 bits per heavy atom. The van der Waals surface area contributed by atoms with Gasteiger partial charge in [0.1, 0.15) is 29.2 Å². The number of aliphatic hydroxyl groups excluding tert-OH is 1. The second kappa shape index (κ2) is 14.5. The number of likely N-dealkylation sites (tertiary alicyclic amines) is 1. The van der Waals surface area contributed by atoms with Gasteiger partial charge in [0.15, 0.2) is 11.4 Å². The minimum atomic E-state index is -0.374. The van der Waals surface area contributed by atoms with Crippen LogP contribution in [0.4, 0.5) is 10.6 Å². The third kappa shape index (κ3) is 8.33. The number of nitrogens with one attached hydrogen (secondary N) is 2. The zero-order valence-electron chi connectivity index (χ0n) is 30.2. The number of aliphatic hydroxyl groups is 1. The van der Waals surface area contributed by atoms with Gasteiger partial charge in [0.05, 0.1) is 18.3 Å². The highest BCUT2D eigenvalue weighted by Gasteiger charge is 2.30. The van der Waals surface area contributed by atoms with Crippen molar-refractivity contribution in [2.24, 2.45) is 0 Å². The molecule has 4 aromatic rings. The molecule has 4 heterocycles. The fourth-order valence-corrected chi connectivity index (χ4v) is 6.85. The highest BCUT2D eigenvalue weighted by molar-refractivity contribution is 5.96. The maximum atomic E-state index is 13.5. The molecule has 3 aromatic heterocycles. The molecule has 1 fully saturated rings. The van der Waals surface area contributed by atoms with Crippen LogP contribution in [0.5, 0.6) is 5.75 Å². The molecule has 11 heteroatoms. The van der Waals surface area contributed by atoms with E-state index in [-0.39, 0.29) is 40.9 Å². The summed E-state index contributed by atoms with van der Waals surface area (Å²) in [5.41, 5.74) is 3.69. The summed E-state index contributed by atoms with van der Waals surface area (Å²) < 4.78 is 8.55. The molecule has 2 aliphatic rings. The summed E-state index contributed by atoms with van der Waals surface area (Å²) in [6, 6.07) is 15.0. The van der Waals surface area contributed by atoms with Crippen molar-refractivity contribution in [2.75, 3.05) is 25.0 Å². The molecule has 2 amide bonds. The lowest BCUT2D eigenvalue weighted by atomic mass is 9.85. The zero-order valence-corrected chi connectivity index (χ0v) is 30.2. The smallest absolute Gasteiger partial charge is 0.320 e. The number of aromatic nitrogens is 4. The van der Waals surface area contributed by atoms with Crippen LogP contribution in [0.25, 0.3) is 5.65 Å². The SMILES string of the molecule is CC(C)(C)c1cc(NC(=O)N[C@H]2CC[C@@H](Oc3ccc4nnc(C(C)(C)C)n4c3)c3ccccc32)nc(C(=O)CCCN2CCC(O)CC2)c1. The summed E-state index contributed by atoms with van der Waals surface area (Å²) in [6.45, 7) is 15.1. The van der Waals surface area contributed by atoms with Crippen molar-refractivity contribution in [3.63, 3.8) is 0 Å². The monoisotopic (exact) mass is 681 g/mol. The topological polar surface area (TPSA) is 134 Å². The number of anilines is 1. The number of benzene rings is 1. The Kier molecular flexibility index (Phi) is 10.3. The highest BCUT2D eigenvalue weighted by atomic mass is 16.5. The number of hydrogen-bond donors (Lipinski definition) is 3. The zero-order chi connectivity index (χ0) is 35.6. The van der Waals surface area contributed by atoms with Crippen molar-refractivity contribution in [2.45, 2.75) is 109 Å². The summed E-state index contributed by atoms with van der Waals surface area (Å²) in [5, 5.41) is 24.6. The molecule has 3 N–H and O–H groups in total. The van der Waals surface area contributed by atoms with Gasteiger partial charge in [-0.3, -0.25) is 14.5 Å². The van der Waals surface area contributed by atoms with E-state index in [2.05, 4.69) is 78.3 Å². The van der Waals surface area contributed by atoms with Gasteiger partial charge >= 0.3 is 6.03 Å². The number of fused-ring (bicyclic) bond motifs is 2. The second-order valence-electron chi connectivity index (χ2n) is 15.8. The van der Waals surface area contributed by atoms with Crippen molar-refractivity contribution in [3.8, 4) is 5.75 Å². The summed E-state index contributed by atoms with van der Waals surface area (Å²) in [6.07, 6.45) is 5.61. The quantitative estimate of drug-likeness (QED) is 0.162. The number of nitrogens with zero attached hydrogens (tertiary/aromatic N) is 5. The van der Waals surface area contributed by atoms with Gasteiger partial charge in [0.2, 0.25) is 0 Å². The van der Waals surface area contributed by atoms with Crippen LogP contribution in [0, 0.1) is 0 Å². The van der Waals surface area contributed by atoms with E-state index in [0.717, 1.165) is 72.8 Å². The molecular formula is C39H51N7O4. The Bertz CT molecular complexity index is 1830. The molecule has 1 saturated heterocycles. The fraction of sp³-hybridized carbons (Fsp3) is 0.513. The van der Waals surface area contributed by atoms with Crippen LogP contribution in [-0.2, 0) is 10.8 Å². The van der Waals surface area contributed by atoms with E-state index >= 15 is 0 Å². The first-order chi connectivity index (χ1) is 23.7. The first kappa shape index (κ1) is 35.5. The molecule has 1 aromatic carbocycles. The molecule has 0 unspecified atom stereocenters. The number of rotatable bonds is 9. The van der Waals surface area contributed by atoms with E-state index in [1.54, 1.807) is 0 Å². The van der Waals surface area contributed by atoms with Gasteiger partial charge in [-0.2, -0.15) is 0 Å². The third-order valence-corrected chi connectivity index (χ3v) is 9.72. The number of pyridine rings is 2. The van der Waals surface area contributed by atoms with Gasteiger partial charge in [-0.25, -0.2) is 9.78 Å². The Labute approximate surface area is 294 Å². The van der Waals surface area contributed by atoms with E-state index in [0.29, 0.717) is 30.8 Å². The van der Waals surface area contributed by atoms with Gasteiger partial charge in [-0.1, -0.05) is 65.8 Å². The molecular weight excluding hydrogens is 630 g/mol. The van der Waals surface area contributed by atoms with Crippen LogP contribution < -0.4 is 15.4 Å². The summed E-state index contributed by atoms with van der Waals surface area (Å²) in [7, 11) is 0. The van der Waals surface area contributed by atoms with Crippen LogP contribution >= 0.6 is 0 Å². The molecule has 50 heavy (non-hydrogen) atoms. The molecule has 0 radical (unpaired) electrons. The second-order valence-corrected chi connectivity index (χ2v) is 15.8. The summed E-state index contributed by atoms with van der Waals surface area (Å²) in [5.74, 6) is 1.91. The normalized spacial score (nSPS) is 18.9. The number of hydrogen-bond acceptors (Lipinski definition) is 8. The maximum absolute atomic E-state index is 13.5. The van der Waals surface area contributed by atoms with Crippen molar-refractivity contribution in [3.05, 3.63) is 82.9 Å².